The number of rotatable bonds is 6. The Morgan fingerprint density at radius 3 is 2.13 bits per heavy atom. The van der Waals surface area contributed by atoms with Gasteiger partial charge in [0.15, 0.2) is 0 Å². The van der Waals surface area contributed by atoms with E-state index in [9.17, 15) is 8.42 Å². The van der Waals surface area contributed by atoms with Gasteiger partial charge in [-0.3, -0.25) is 0 Å². The molecule has 0 saturated heterocycles. The summed E-state index contributed by atoms with van der Waals surface area (Å²) in [5.41, 5.74) is 7.04. The second-order valence-corrected chi connectivity index (χ2v) is 7.67. The van der Waals surface area contributed by atoms with E-state index >= 15 is 0 Å². The van der Waals surface area contributed by atoms with Crippen LogP contribution in [0.15, 0.2) is 70.6 Å². The fourth-order valence-corrected chi connectivity index (χ4v) is 3.79. The molecule has 30 heavy (non-hydrogen) atoms. The Hall–Kier alpha value is -3.70. The van der Waals surface area contributed by atoms with Gasteiger partial charge in [-0.25, -0.2) is 5.84 Å². The normalized spacial score (nSPS) is 11.8. The number of nitrogens with zero attached hydrogens (tertiary/aromatic N) is 4. The molecule has 3 rings (SSSR count). The van der Waals surface area contributed by atoms with Gasteiger partial charge in [0.1, 0.15) is 0 Å². The summed E-state index contributed by atoms with van der Waals surface area (Å²) in [6, 6.07) is 16.9. The molecule has 0 amide bonds. The van der Waals surface area contributed by atoms with E-state index in [4.69, 9.17) is 21.1 Å². The van der Waals surface area contributed by atoms with Crippen LogP contribution in [0, 0.1) is 0 Å². The highest BCUT2D eigenvalue weighted by Crippen LogP contribution is 2.28. The number of methoxy groups -OCH3 is 2. The highest BCUT2D eigenvalue weighted by atomic mass is 32.2. The number of hydrogen-bond donors (Lipinski definition) is 2. The molecule has 0 saturated carbocycles. The fourth-order valence-electron chi connectivity index (χ4n) is 2.58. The van der Waals surface area contributed by atoms with Gasteiger partial charge in [-0.15, -0.1) is 0 Å². The summed E-state index contributed by atoms with van der Waals surface area (Å²) in [5.74, 6) is 5.45. The third-order valence-corrected chi connectivity index (χ3v) is 5.65. The lowest BCUT2D eigenvalue weighted by molar-refractivity contribution is 0.372. The number of ether oxygens (including phenoxy) is 2. The van der Waals surface area contributed by atoms with Crippen molar-refractivity contribution in [3.8, 4) is 22.9 Å². The van der Waals surface area contributed by atoms with E-state index in [0.29, 0.717) is 15.5 Å². The largest absolute Gasteiger partial charge is 0.481 e. The van der Waals surface area contributed by atoms with Crippen LogP contribution in [-0.2, 0) is 10.0 Å². The number of hydrogen-bond acceptors (Lipinski definition) is 8. The van der Waals surface area contributed by atoms with Gasteiger partial charge in [0, 0.05) is 5.56 Å². The summed E-state index contributed by atoms with van der Waals surface area (Å²) in [5, 5.41) is 0. The van der Waals surface area contributed by atoms with E-state index in [2.05, 4.69) is 15.0 Å². The van der Waals surface area contributed by atoms with Gasteiger partial charge in [0.05, 0.1) is 25.2 Å². The quantitative estimate of drug-likeness (QED) is 0.261. The zero-order chi connectivity index (χ0) is 21.7. The molecule has 0 radical (unpaired) electrons. The molecular formula is C19H20N6O4S. The summed E-state index contributed by atoms with van der Waals surface area (Å²) in [6.07, 6.45) is 0. The number of benzene rings is 2. The molecule has 10 nitrogen and oxygen atoms in total. The Balaban J connectivity index is 2.01. The molecule has 2 aromatic carbocycles. The van der Waals surface area contributed by atoms with Gasteiger partial charge < -0.3 is 15.2 Å². The number of aromatic nitrogens is 2. The van der Waals surface area contributed by atoms with E-state index < -0.39 is 16.0 Å². The molecule has 0 bridgehead atoms. The minimum atomic E-state index is -4.23. The molecule has 0 spiro atoms. The van der Waals surface area contributed by atoms with Gasteiger partial charge in [-0.05, 0) is 11.6 Å². The first-order valence-corrected chi connectivity index (χ1v) is 10.1. The average Bonchev–Trinajstić information content (AvgIpc) is 2.78. The first-order chi connectivity index (χ1) is 14.4. The second-order valence-electron chi connectivity index (χ2n) is 5.89. The molecule has 0 aliphatic rings. The average molecular weight is 428 g/mol. The van der Waals surface area contributed by atoms with Gasteiger partial charge in [-0.2, -0.15) is 27.8 Å². The number of nitrogens with two attached hydrogens (primary N) is 2. The first-order valence-electron chi connectivity index (χ1n) is 8.62. The lowest BCUT2D eigenvalue weighted by atomic mass is 10.1. The summed E-state index contributed by atoms with van der Waals surface area (Å²) in [4.78, 5) is 11.8. The molecule has 0 aliphatic heterocycles. The van der Waals surface area contributed by atoms with E-state index in [-0.39, 0.29) is 22.6 Å². The minimum Gasteiger partial charge on any atom is -0.481 e. The van der Waals surface area contributed by atoms with Crippen LogP contribution < -0.4 is 21.1 Å². The van der Waals surface area contributed by atoms with Crippen molar-refractivity contribution >= 4 is 21.9 Å². The molecule has 0 fully saturated rings. The number of sulfonamides is 1. The van der Waals surface area contributed by atoms with E-state index in [1.165, 1.54) is 26.4 Å². The minimum absolute atomic E-state index is 0.0269. The molecular weight excluding hydrogens is 408 g/mol. The Kier molecular flexibility index (Phi) is 6.14. The van der Waals surface area contributed by atoms with Crippen molar-refractivity contribution < 1.29 is 17.9 Å². The molecule has 3 aromatic rings. The summed E-state index contributed by atoms with van der Waals surface area (Å²) < 4.78 is 36.8. The van der Waals surface area contributed by atoms with Crippen LogP contribution in [0.5, 0.6) is 11.8 Å². The van der Waals surface area contributed by atoms with Crippen LogP contribution in [-0.4, -0.2) is 43.0 Å². The summed E-state index contributed by atoms with van der Waals surface area (Å²) >= 11 is 0. The predicted molar refractivity (Wildman–Crippen MR) is 112 cm³/mol. The molecule has 0 unspecified atom stereocenters. The van der Waals surface area contributed by atoms with Gasteiger partial charge in [0.25, 0.3) is 16.0 Å². The lowest BCUT2D eigenvalue weighted by Gasteiger charge is -2.19. The third-order valence-electron chi connectivity index (χ3n) is 4.03. The van der Waals surface area contributed by atoms with Gasteiger partial charge >= 0.3 is 0 Å². The Morgan fingerprint density at radius 2 is 1.53 bits per heavy atom. The summed E-state index contributed by atoms with van der Waals surface area (Å²) in [6.45, 7) is 0. The van der Waals surface area contributed by atoms with Crippen LogP contribution >= 0.6 is 0 Å². The monoisotopic (exact) mass is 428 g/mol. The number of aliphatic imine (C=N–C) groups is 1. The molecule has 0 atom stereocenters. The maximum absolute atomic E-state index is 13.2. The van der Waals surface area contributed by atoms with E-state index in [1.54, 1.807) is 30.3 Å². The van der Waals surface area contributed by atoms with Crippen molar-refractivity contribution in [2.75, 3.05) is 14.2 Å². The van der Waals surface area contributed by atoms with Crippen molar-refractivity contribution in [2.45, 2.75) is 4.90 Å². The highest BCUT2D eigenvalue weighted by molar-refractivity contribution is 7.89. The van der Waals surface area contributed by atoms with Crippen LogP contribution in [0.1, 0.15) is 0 Å². The predicted octanol–water partition coefficient (Wildman–Crippen LogP) is 1.67. The third kappa shape index (κ3) is 4.31. The molecule has 11 heteroatoms. The zero-order valence-electron chi connectivity index (χ0n) is 16.3. The highest BCUT2D eigenvalue weighted by Gasteiger charge is 2.27. The van der Waals surface area contributed by atoms with Gasteiger partial charge in [0.2, 0.25) is 17.7 Å². The Labute approximate surface area is 173 Å². The number of hydrazine groups is 1. The van der Waals surface area contributed by atoms with Crippen LogP contribution in [0.3, 0.4) is 0 Å². The van der Waals surface area contributed by atoms with Crippen molar-refractivity contribution in [3.63, 3.8) is 0 Å². The lowest BCUT2D eigenvalue weighted by Crippen LogP contribution is -2.46. The molecule has 0 aliphatic carbocycles. The van der Waals surface area contributed by atoms with Crippen LogP contribution in [0.2, 0.25) is 0 Å². The van der Waals surface area contributed by atoms with Crippen LogP contribution in [0.25, 0.3) is 11.1 Å². The zero-order valence-corrected chi connectivity index (χ0v) is 17.1. The van der Waals surface area contributed by atoms with E-state index in [0.717, 1.165) is 0 Å². The number of guanidine groups is 1. The van der Waals surface area contributed by atoms with Crippen molar-refractivity contribution in [1.29, 1.82) is 0 Å². The fraction of sp³-hybridized carbons (Fsp3) is 0.105. The topological polar surface area (TPSA) is 146 Å². The van der Waals surface area contributed by atoms with Crippen molar-refractivity contribution in [1.82, 2.24) is 14.4 Å². The van der Waals surface area contributed by atoms with Crippen molar-refractivity contribution in [2.24, 2.45) is 16.6 Å². The SMILES string of the molecule is COc1cc(OC)nc(N=C(N)N(N)S(=O)(=O)c2ccccc2-c2ccccc2)n1. The van der Waals surface area contributed by atoms with E-state index in [1.807, 2.05) is 18.2 Å². The maximum atomic E-state index is 13.2. The molecule has 4 N–H and O–H groups in total. The van der Waals surface area contributed by atoms with Gasteiger partial charge in [-0.1, -0.05) is 48.5 Å². The standard InChI is InChI=1S/C19H20N6O4S/c1-28-16-12-17(29-2)23-19(22-16)24-18(20)25(21)30(26,27)15-11-7-6-10-14(15)13-8-4-3-5-9-13/h3-12H,21H2,1-2H3,(H2,20,22,23,24). The summed E-state index contributed by atoms with van der Waals surface area (Å²) in [7, 11) is -1.43. The smallest absolute Gasteiger partial charge is 0.280 e. The second kappa shape index (κ2) is 8.76. The van der Waals surface area contributed by atoms with Crippen molar-refractivity contribution in [3.05, 3.63) is 60.7 Å². The molecule has 156 valence electrons. The first kappa shape index (κ1) is 21.0. The molecule has 1 heterocycles. The molecule has 1 aromatic heterocycles. The maximum Gasteiger partial charge on any atom is 0.280 e. The Morgan fingerprint density at radius 1 is 0.967 bits per heavy atom. The Bertz CT molecular complexity index is 1150. The van der Waals surface area contributed by atoms with Crippen LogP contribution in [0.4, 0.5) is 5.95 Å².